The number of carbonyl (C=O) groups is 2. The van der Waals surface area contributed by atoms with Crippen LogP contribution in [0.2, 0.25) is 0 Å². The second kappa shape index (κ2) is 7.85. The number of rotatable bonds is 6. The van der Waals surface area contributed by atoms with Gasteiger partial charge in [-0.05, 0) is 12.5 Å². The molecule has 0 aromatic heterocycles. The van der Waals surface area contributed by atoms with Crippen LogP contribution in [-0.4, -0.2) is 23.1 Å². The van der Waals surface area contributed by atoms with E-state index in [4.69, 9.17) is 11.5 Å². The molecule has 20 heavy (non-hydrogen) atoms. The van der Waals surface area contributed by atoms with Crippen LogP contribution in [0.1, 0.15) is 31.4 Å². The third-order valence-corrected chi connectivity index (χ3v) is 2.69. The Bertz CT molecular complexity index is 494. The summed E-state index contributed by atoms with van der Waals surface area (Å²) < 4.78 is 0. The van der Waals surface area contributed by atoms with E-state index in [0.717, 1.165) is 5.56 Å². The monoisotopic (exact) mass is 274 g/mol. The molecule has 1 rings (SSSR count). The maximum atomic E-state index is 11.8. The molecule has 0 heterocycles. The van der Waals surface area contributed by atoms with Gasteiger partial charge in [0, 0.05) is 12.5 Å². The molecular formula is C15H18N2O3. The van der Waals surface area contributed by atoms with Crippen molar-refractivity contribution in [1.29, 1.82) is 0 Å². The van der Waals surface area contributed by atoms with Crippen LogP contribution in [0.25, 0.3) is 0 Å². The fourth-order valence-corrected chi connectivity index (χ4v) is 1.76. The number of carboxylic acids is 1. The molecule has 0 aliphatic carbocycles. The third kappa shape index (κ3) is 5.44. The number of nitrogens with one attached hydrogen (secondary N) is 2. The summed E-state index contributed by atoms with van der Waals surface area (Å²) in [5.74, 6) is 1.48. The van der Waals surface area contributed by atoms with Crippen LogP contribution in [-0.2, 0) is 4.79 Å². The zero-order chi connectivity index (χ0) is 15.0. The van der Waals surface area contributed by atoms with E-state index in [1.807, 2.05) is 6.07 Å². The number of carbonyl (C=O) groups excluding carboxylic acids is 1. The molecule has 106 valence electrons. The van der Waals surface area contributed by atoms with E-state index in [2.05, 4.69) is 16.6 Å². The lowest BCUT2D eigenvalue weighted by Gasteiger charge is -2.19. The van der Waals surface area contributed by atoms with Gasteiger partial charge in [-0.2, -0.15) is 0 Å². The van der Waals surface area contributed by atoms with Crippen LogP contribution in [0, 0.1) is 12.3 Å². The Hall–Kier alpha value is -2.48. The van der Waals surface area contributed by atoms with Crippen LogP contribution in [0.5, 0.6) is 0 Å². The van der Waals surface area contributed by atoms with E-state index in [-0.39, 0.29) is 12.5 Å². The van der Waals surface area contributed by atoms with Crippen molar-refractivity contribution < 1.29 is 14.7 Å². The number of terminal acetylenes is 1. The van der Waals surface area contributed by atoms with Crippen LogP contribution < -0.4 is 10.6 Å². The molecule has 5 heteroatoms. The number of hydrogen-bond donors (Lipinski definition) is 3. The van der Waals surface area contributed by atoms with Gasteiger partial charge in [0.25, 0.3) is 0 Å². The molecule has 2 amide bonds. The van der Waals surface area contributed by atoms with Gasteiger partial charge in [0.05, 0.1) is 12.5 Å². The fourth-order valence-electron chi connectivity index (χ4n) is 1.76. The summed E-state index contributed by atoms with van der Waals surface area (Å²) in [6, 6.07) is 7.81. The first-order valence-corrected chi connectivity index (χ1v) is 6.30. The Morgan fingerprint density at radius 2 is 1.95 bits per heavy atom. The average molecular weight is 274 g/mol. The Morgan fingerprint density at radius 1 is 1.30 bits per heavy atom. The second-order valence-corrected chi connectivity index (χ2v) is 4.49. The molecule has 0 aliphatic heterocycles. The van der Waals surface area contributed by atoms with E-state index < -0.39 is 18.0 Å². The van der Waals surface area contributed by atoms with Gasteiger partial charge in [-0.25, -0.2) is 4.79 Å². The van der Waals surface area contributed by atoms with Crippen LogP contribution >= 0.6 is 0 Å². The lowest BCUT2D eigenvalue weighted by Crippen LogP contribution is -2.42. The zero-order valence-corrected chi connectivity index (χ0v) is 11.3. The maximum Gasteiger partial charge on any atom is 0.315 e. The number of aliphatic carboxylic acids is 1. The average Bonchev–Trinajstić information content (AvgIpc) is 2.38. The molecule has 3 N–H and O–H groups in total. The Kier molecular flexibility index (Phi) is 6.11. The molecule has 1 aromatic rings. The highest BCUT2D eigenvalue weighted by Gasteiger charge is 2.18. The van der Waals surface area contributed by atoms with Crippen molar-refractivity contribution in [2.45, 2.75) is 31.8 Å². The van der Waals surface area contributed by atoms with Gasteiger partial charge in [-0.15, -0.1) is 12.3 Å². The van der Waals surface area contributed by atoms with Gasteiger partial charge in [-0.1, -0.05) is 30.3 Å². The van der Waals surface area contributed by atoms with Crippen molar-refractivity contribution in [2.75, 3.05) is 0 Å². The Balaban J connectivity index is 2.69. The molecule has 2 unspecified atom stereocenters. The van der Waals surface area contributed by atoms with E-state index in [1.54, 1.807) is 31.2 Å². The highest BCUT2D eigenvalue weighted by Crippen LogP contribution is 2.16. The van der Waals surface area contributed by atoms with E-state index in [1.165, 1.54) is 0 Å². The highest BCUT2D eigenvalue weighted by atomic mass is 16.4. The first-order valence-electron chi connectivity index (χ1n) is 6.30. The third-order valence-electron chi connectivity index (χ3n) is 2.69. The molecule has 0 spiro atoms. The molecular weight excluding hydrogens is 256 g/mol. The molecule has 0 saturated heterocycles. The van der Waals surface area contributed by atoms with Crippen molar-refractivity contribution in [1.82, 2.24) is 10.6 Å². The van der Waals surface area contributed by atoms with Gasteiger partial charge in [-0.3, -0.25) is 4.79 Å². The molecule has 0 saturated carbocycles. The highest BCUT2D eigenvalue weighted by molar-refractivity contribution is 5.76. The number of amides is 2. The van der Waals surface area contributed by atoms with Gasteiger partial charge >= 0.3 is 12.0 Å². The number of hydrogen-bond acceptors (Lipinski definition) is 2. The Morgan fingerprint density at radius 3 is 2.50 bits per heavy atom. The smallest absolute Gasteiger partial charge is 0.315 e. The summed E-state index contributed by atoms with van der Waals surface area (Å²) in [6.45, 7) is 1.79. The molecule has 0 fully saturated rings. The van der Waals surface area contributed by atoms with Gasteiger partial charge < -0.3 is 15.7 Å². The lowest BCUT2D eigenvalue weighted by atomic mass is 10.0. The first kappa shape index (κ1) is 15.6. The first-order chi connectivity index (χ1) is 9.52. The minimum absolute atomic E-state index is 0.166. The van der Waals surface area contributed by atoms with Gasteiger partial charge in [0.2, 0.25) is 0 Å². The number of urea groups is 1. The van der Waals surface area contributed by atoms with Crippen molar-refractivity contribution in [2.24, 2.45) is 0 Å². The van der Waals surface area contributed by atoms with Crippen molar-refractivity contribution in [3.05, 3.63) is 35.9 Å². The molecule has 2 atom stereocenters. The summed E-state index contributed by atoms with van der Waals surface area (Å²) in [6.07, 6.45) is 5.40. The van der Waals surface area contributed by atoms with Crippen molar-refractivity contribution in [3.8, 4) is 12.3 Å². The number of benzene rings is 1. The van der Waals surface area contributed by atoms with Gasteiger partial charge in [0.15, 0.2) is 0 Å². The van der Waals surface area contributed by atoms with E-state index in [0.29, 0.717) is 6.42 Å². The SMILES string of the molecule is C#CCC(C)NC(=O)NC(CC(=O)O)c1ccccc1. The molecule has 0 radical (unpaired) electrons. The summed E-state index contributed by atoms with van der Waals surface area (Å²) >= 11 is 0. The number of carboxylic acid groups (broad SMARTS) is 1. The minimum atomic E-state index is -0.976. The van der Waals surface area contributed by atoms with Crippen molar-refractivity contribution in [3.63, 3.8) is 0 Å². The summed E-state index contributed by atoms with van der Waals surface area (Å²) in [7, 11) is 0. The predicted molar refractivity (Wildman–Crippen MR) is 76.0 cm³/mol. The summed E-state index contributed by atoms with van der Waals surface area (Å²) in [5, 5.41) is 14.2. The minimum Gasteiger partial charge on any atom is -0.481 e. The molecule has 5 nitrogen and oxygen atoms in total. The topological polar surface area (TPSA) is 78.4 Å². The quantitative estimate of drug-likeness (QED) is 0.693. The maximum absolute atomic E-state index is 11.8. The Labute approximate surface area is 118 Å². The largest absolute Gasteiger partial charge is 0.481 e. The lowest BCUT2D eigenvalue weighted by molar-refractivity contribution is -0.137. The zero-order valence-electron chi connectivity index (χ0n) is 11.3. The summed E-state index contributed by atoms with van der Waals surface area (Å²) in [4.78, 5) is 22.7. The van der Waals surface area contributed by atoms with Crippen LogP contribution in [0.15, 0.2) is 30.3 Å². The van der Waals surface area contributed by atoms with Gasteiger partial charge in [0.1, 0.15) is 0 Å². The van der Waals surface area contributed by atoms with Crippen molar-refractivity contribution >= 4 is 12.0 Å². The molecule has 1 aromatic carbocycles. The molecule has 0 aliphatic rings. The molecule has 0 bridgehead atoms. The second-order valence-electron chi connectivity index (χ2n) is 4.49. The van der Waals surface area contributed by atoms with E-state index >= 15 is 0 Å². The standard InChI is InChI=1S/C15H18N2O3/c1-3-7-11(2)16-15(20)17-13(10-14(18)19)12-8-5-4-6-9-12/h1,4-6,8-9,11,13H,7,10H2,2H3,(H,18,19)(H2,16,17,20). The van der Waals surface area contributed by atoms with Crippen LogP contribution in [0.4, 0.5) is 4.79 Å². The van der Waals surface area contributed by atoms with E-state index in [9.17, 15) is 9.59 Å². The predicted octanol–water partition coefficient (Wildman–Crippen LogP) is 1.91. The van der Waals surface area contributed by atoms with Crippen LogP contribution in [0.3, 0.4) is 0 Å². The fraction of sp³-hybridized carbons (Fsp3) is 0.333. The normalized spacial score (nSPS) is 12.8. The summed E-state index contributed by atoms with van der Waals surface area (Å²) in [5.41, 5.74) is 0.745.